The molecule has 0 saturated carbocycles. The smallest absolute Gasteiger partial charge is 0.274 e. The molecule has 1 aliphatic heterocycles. The van der Waals surface area contributed by atoms with Crippen molar-refractivity contribution in [3.05, 3.63) is 70.5 Å². The van der Waals surface area contributed by atoms with E-state index in [1.807, 2.05) is 19.3 Å². The second-order valence-electron chi connectivity index (χ2n) is 11.6. The number of hydrogen-bond acceptors (Lipinski definition) is 8. The van der Waals surface area contributed by atoms with Crippen LogP contribution in [0.4, 0.5) is 23.0 Å². The van der Waals surface area contributed by atoms with Crippen molar-refractivity contribution in [3.8, 4) is 17.1 Å². The minimum absolute atomic E-state index is 0.141. The van der Waals surface area contributed by atoms with E-state index in [9.17, 15) is 4.79 Å². The number of anilines is 4. The Morgan fingerprint density at radius 2 is 1.73 bits per heavy atom. The number of benzene rings is 2. The number of nitrogens with one attached hydrogen (secondary N) is 2. The number of fused-ring (bicyclic) bond motifs is 3. The number of amides is 1. The summed E-state index contributed by atoms with van der Waals surface area (Å²) in [5, 5.41) is 11.5. The van der Waals surface area contributed by atoms with E-state index < -0.39 is 0 Å². The van der Waals surface area contributed by atoms with Gasteiger partial charge in [0.25, 0.3) is 5.91 Å². The van der Waals surface area contributed by atoms with Gasteiger partial charge in [0, 0.05) is 62.4 Å². The first-order valence-electron chi connectivity index (χ1n) is 15.6. The molecule has 0 unspecified atom stereocenters. The third-order valence-electron chi connectivity index (χ3n) is 8.86. The molecule has 10 nitrogen and oxygen atoms in total. The van der Waals surface area contributed by atoms with Gasteiger partial charge in [0.05, 0.1) is 18.5 Å². The van der Waals surface area contributed by atoms with Crippen molar-refractivity contribution in [2.75, 3.05) is 55.9 Å². The van der Waals surface area contributed by atoms with E-state index in [0.29, 0.717) is 11.6 Å². The lowest BCUT2D eigenvalue weighted by atomic mass is 10.0. The summed E-state index contributed by atoms with van der Waals surface area (Å²) in [4.78, 5) is 28.2. The number of aryl methyl sites for hydroxylation is 4. The van der Waals surface area contributed by atoms with Crippen molar-refractivity contribution in [2.45, 2.75) is 46.0 Å². The molecule has 1 amide bonds. The largest absolute Gasteiger partial charge is 0.494 e. The quantitative estimate of drug-likeness (QED) is 0.286. The Kier molecular flexibility index (Phi) is 8.52. The Balaban J connectivity index is 1.29. The van der Waals surface area contributed by atoms with Crippen LogP contribution >= 0.6 is 0 Å². The van der Waals surface area contributed by atoms with E-state index in [2.05, 4.69) is 76.6 Å². The highest BCUT2D eigenvalue weighted by atomic mass is 16.5. The van der Waals surface area contributed by atoms with Gasteiger partial charge in [0.1, 0.15) is 17.1 Å². The van der Waals surface area contributed by atoms with Crippen LogP contribution in [-0.4, -0.2) is 70.9 Å². The average Bonchev–Trinajstić information content (AvgIpc) is 3.27. The predicted octanol–water partition coefficient (Wildman–Crippen LogP) is 5.25. The Bertz CT molecular complexity index is 1650. The highest BCUT2D eigenvalue weighted by Gasteiger charge is 2.28. The van der Waals surface area contributed by atoms with Crippen molar-refractivity contribution in [1.82, 2.24) is 24.6 Å². The van der Waals surface area contributed by atoms with Crippen molar-refractivity contribution in [2.24, 2.45) is 7.05 Å². The standard InChI is InChI=1S/C34H42N8O2/c1-6-22-10-8-11-23(7-2)29(22)37-33(43)32-26-13-9-12-24-21-35-34(38-30(24)31(26)39-41(32)4)36-27-15-14-25(20-28(27)44-5)42-18-16-40(3)17-19-42/h8,10-11,14-15,20-21H,6-7,9,12-13,16-19H2,1-5H3,(H,37,43)(H,35,36,38). The number of nitrogens with zero attached hydrogens (tertiary/aromatic N) is 6. The molecule has 44 heavy (non-hydrogen) atoms. The fourth-order valence-electron chi connectivity index (χ4n) is 6.33. The molecule has 0 spiro atoms. The third kappa shape index (κ3) is 5.74. The third-order valence-corrected chi connectivity index (χ3v) is 8.86. The van der Waals surface area contributed by atoms with Crippen LogP contribution in [0.5, 0.6) is 5.75 Å². The van der Waals surface area contributed by atoms with E-state index in [1.54, 1.807) is 11.8 Å². The van der Waals surface area contributed by atoms with Gasteiger partial charge in [-0.15, -0.1) is 0 Å². The van der Waals surface area contributed by atoms with Crippen molar-refractivity contribution in [3.63, 3.8) is 0 Å². The summed E-state index contributed by atoms with van der Waals surface area (Å²) in [6, 6.07) is 12.4. The van der Waals surface area contributed by atoms with Crippen molar-refractivity contribution >= 4 is 28.9 Å². The van der Waals surface area contributed by atoms with Gasteiger partial charge in [0.2, 0.25) is 5.95 Å². The number of likely N-dealkylation sites (N-methyl/N-ethyl adjacent to an activating group) is 1. The Morgan fingerprint density at radius 3 is 2.43 bits per heavy atom. The van der Waals surface area contributed by atoms with E-state index in [0.717, 1.165) is 115 Å². The lowest BCUT2D eigenvalue weighted by Crippen LogP contribution is -2.44. The van der Waals surface area contributed by atoms with Crippen LogP contribution in [0.3, 0.4) is 0 Å². The number of hydrogen-bond donors (Lipinski definition) is 2. The molecule has 0 atom stereocenters. The van der Waals surface area contributed by atoms with Gasteiger partial charge >= 0.3 is 0 Å². The summed E-state index contributed by atoms with van der Waals surface area (Å²) in [6.45, 7) is 8.27. The number of ether oxygens (including phenoxy) is 1. The first-order valence-corrected chi connectivity index (χ1v) is 15.6. The number of aromatic nitrogens is 4. The molecule has 1 aliphatic carbocycles. The van der Waals surface area contributed by atoms with E-state index in [1.165, 1.54) is 0 Å². The number of para-hydroxylation sites is 1. The van der Waals surface area contributed by atoms with Crippen LogP contribution in [-0.2, 0) is 32.7 Å². The first kappa shape index (κ1) is 29.6. The minimum Gasteiger partial charge on any atom is -0.494 e. The summed E-state index contributed by atoms with van der Waals surface area (Å²) in [5.41, 5.74) is 9.15. The van der Waals surface area contributed by atoms with Crippen LogP contribution in [0.25, 0.3) is 11.4 Å². The maximum atomic E-state index is 13.8. The number of carbonyl (C=O) groups is 1. The first-order chi connectivity index (χ1) is 21.4. The molecule has 2 aromatic heterocycles. The lowest BCUT2D eigenvalue weighted by molar-refractivity contribution is 0.101. The summed E-state index contributed by atoms with van der Waals surface area (Å²) in [5.74, 6) is 1.05. The van der Waals surface area contributed by atoms with E-state index in [-0.39, 0.29) is 5.91 Å². The summed E-state index contributed by atoms with van der Waals surface area (Å²) in [7, 11) is 5.67. The SMILES string of the molecule is CCc1cccc(CC)c1NC(=O)c1c2c(nn1C)-c1nc(Nc3ccc(N4CCN(C)CC4)cc3OC)ncc1CCC2. The van der Waals surface area contributed by atoms with E-state index in [4.69, 9.17) is 14.8 Å². The van der Waals surface area contributed by atoms with Crippen LogP contribution in [0.1, 0.15) is 53.0 Å². The van der Waals surface area contributed by atoms with Gasteiger partial charge in [-0.1, -0.05) is 32.0 Å². The fourth-order valence-corrected chi connectivity index (χ4v) is 6.33. The number of carbonyl (C=O) groups excluding carboxylic acids is 1. The molecule has 2 aromatic carbocycles. The molecule has 10 heteroatoms. The summed E-state index contributed by atoms with van der Waals surface area (Å²) >= 11 is 0. The van der Waals surface area contributed by atoms with Gasteiger partial charge in [-0.25, -0.2) is 9.97 Å². The molecule has 3 heterocycles. The second kappa shape index (κ2) is 12.7. The van der Waals surface area contributed by atoms with Gasteiger partial charge in [-0.3, -0.25) is 9.48 Å². The highest BCUT2D eigenvalue weighted by Crippen LogP contribution is 2.35. The second-order valence-corrected chi connectivity index (χ2v) is 11.6. The van der Waals surface area contributed by atoms with Gasteiger partial charge < -0.3 is 25.2 Å². The molecule has 4 aromatic rings. The predicted molar refractivity (Wildman–Crippen MR) is 175 cm³/mol. The van der Waals surface area contributed by atoms with Crippen LogP contribution in [0.2, 0.25) is 0 Å². The molecule has 1 fully saturated rings. The molecule has 2 aliphatic rings. The van der Waals surface area contributed by atoms with E-state index >= 15 is 0 Å². The maximum Gasteiger partial charge on any atom is 0.274 e. The topological polar surface area (TPSA) is 100 Å². The number of methoxy groups -OCH3 is 1. The maximum absolute atomic E-state index is 13.8. The van der Waals surface area contributed by atoms with Crippen LogP contribution in [0, 0.1) is 0 Å². The molecule has 0 bridgehead atoms. The number of rotatable bonds is 8. The molecule has 0 radical (unpaired) electrons. The molecular weight excluding hydrogens is 552 g/mol. The Labute approximate surface area is 259 Å². The van der Waals surface area contributed by atoms with Crippen LogP contribution in [0.15, 0.2) is 42.6 Å². The van der Waals surface area contributed by atoms with Gasteiger partial charge in [0.15, 0.2) is 0 Å². The normalized spacial score (nSPS) is 14.9. The average molecular weight is 595 g/mol. The Hall–Kier alpha value is -4.44. The van der Waals surface area contributed by atoms with Gasteiger partial charge in [-0.05, 0) is 68.0 Å². The molecule has 2 N–H and O–H groups in total. The lowest BCUT2D eigenvalue weighted by Gasteiger charge is -2.34. The zero-order valence-electron chi connectivity index (χ0n) is 26.4. The van der Waals surface area contributed by atoms with Crippen molar-refractivity contribution in [1.29, 1.82) is 0 Å². The highest BCUT2D eigenvalue weighted by molar-refractivity contribution is 6.06. The Morgan fingerprint density at radius 1 is 0.977 bits per heavy atom. The fraction of sp³-hybridized carbons (Fsp3) is 0.412. The summed E-state index contributed by atoms with van der Waals surface area (Å²) in [6.07, 6.45) is 6.01. The van der Waals surface area contributed by atoms with Crippen LogP contribution < -0.4 is 20.3 Å². The molecular formula is C34H42N8O2. The van der Waals surface area contributed by atoms with Crippen molar-refractivity contribution < 1.29 is 9.53 Å². The molecule has 1 saturated heterocycles. The molecule has 230 valence electrons. The zero-order valence-corrected chi connectivity index (χ0v) is 26.4. The van der Waals surface area contributed by atoms with Gasteiger partial charge in [-0.2, -0.15) is 5.10 Å². The molecule has 6 rings (SSSR count). The zero-order chi connectivity index (χ0) is 30.8. The summed E-state index contributed by atoms with van der Waals surface area (Å²) < 4.78 is 7.47. The monoisotopic (exact) mass is 594 g/mol. The minimum atomic E-state index is -0.141. The number of piperazine rings is 1.